The minimum Gasteiger partial charge on any atom is -0.477 e. The van der Waals surface area contributed by atoms with E-state index in [2.05, 4.69) is 160 Å². The van der Waals surface area contributed by atoms with Crippen molar-refractivity contribution in [1.82, 2.24) is 0 Å². The van der Waals surface area contributed by atoms with Gasteiger partial charge in [-0.3, -0.25) is 9.59 Å². The van der Waals surface area contributed by atoms with E-state index < -0.39 is 24.3 Å². The van der Waals surface area contributed by atoms with Crippen LogP contribution in [0.3, 0.4) is 0 Å². The maximum absolute atomic E-state index is 13.0. The van der Waals surface area contributed by atoms with E-state index in [9.17, 15) is 19.5 Å². The molecule has 0 saturated carbocycles. The first-order valence-corrected chi connectivity index (χ1v) is 40.0. The molecule has 0 fully saturated rings. The van der Waals surface area contributed by atoms with Gasteiger partial charge < -0.3 is 28.5 Å². The molecule has 0 spiro atoms. The van der Waals surface area contributed by atoms with Crippen molar-refractivity contribution in [2.24, 2.45) is 0 Å². The van der Waals surface area contributed by atoms with Crippen LogP contribution in [0.4, 0.5) is 0 Å². The Morgan fingerprint density at radius 3 is 0.876 bits per heavy atom. The third kappa shape index (κ3) is 78.4. The molecule has 0 rings (SSSR count). The van der Waals surface area contributed by atoms with Crippen molar-refractivity contribution < 1.29 is 42.9 Å². The normalized spacial score (nSPS) is 13.5. The molecule has 0 aliphatic rings. The minimum atomic E-state index is -1.53. The molecule has 0 aliphatic heterocycles. The summed E-state index contributed by atoms with van der Waals surface area (Å²) >= 11 is 0. The lowest BCUT2D eigenvalue weighted by Gasteiger charge is -2.25. The average Bonchev–Trinajstić information content (AvgIpc) is 2.59. The largest absolute Gasteiger partial charge is 0.477 e. The summed E-state index contributed by atoms with van der Waals surface area (Å²) in [7, 11) is 5.97. The summed E-state index contributed by atoms with van der Waals surface area (Å²) in [5.41, 5.74) is 0. The molecule has 554 valence electrons. The van der Waals surface area contributed by atoms with Crippen molar-refractivity contribution in [3.63, 3.8) is 0 Å². The Morgan fingerprint density at radius 1 is 0.320 bits per heavy atom. The van der Waals surface area contributed by atoms with Gasteiger partial charge in [-0.1, -0.05) is 346 Å². The number of likely N-dealkylation sites (N-methyl/N-ethyl adjacent to an activating group) is 1. The van der Waals surface area contributed by atoms with Crippen LogP contribution in [0.5, 0.6) is 0 Å². The van der Waals surface area contributed by atoms with Crippen LogP contribution in [0.1, 0.15) is 335 Å². The highest BCUT2D eigenvalue weighted by molar-refractivity contribution is 5.71. The van der Waals surface area contributed by atoms with Crippen LogP contribution in [0.2, 0.25) is 0 Å². The fourth-order valence-electron chi connectivity index (χ4n) is 11.0. The minimum absolute atomic E-state index is 0.178. The number of hydrogen-bond donors (Lipinski definition) is 1. The number of hydrogen-bond acceptors (Lipinski definition) is 7. The van der Waals surface area contributed by atoms with E-state index in [1.165, 1.54) is 180 Å². The number of aliphatic carboxylic acids is 1. The number of nitrogens with zero attached hydrogens (tertiary/aromatic N) is 1. The number of carboxylic acid groups (broad SMARTS) is 1. The van der Waals surface area contributed by atoms with Crippen molar-refractivity contribution in [2.45, 2.75) is 347 Å². The molecule has 0 saturated heterocycles. The molecule has 0 heterocycles. The van der Waals surface area contributed by atoms with Gasteiger partial charge in [0.15, 0.2) is 6.10 Å². The molecule has 1 N–H and O–H groups in total. The molecule has 0 radical (unpaired) electrons. The Morgan fingerprint density at radius 2 is 0.588 bits per heavy atom. The lowest BCUT2D eigenvalue weighted by atomic mass is 10.0. The van der Waals surface area contributed by atoms with Crippen LogP contribution >= 0.6 is 0 Å². The highest BCUT2D eigenvalue weighted by Gasteiger charge is 2.25. The van der Waals surface area contributed by atoms with Gasteiger partial charge in [0.2, 0.25) is 0 Å². The first-order chi connectivity index (χ1) is 47.6. The fourth-order valence-corrected chi connectivity index (χ4v) is 11.0. The third-order valence-electron chi connectivity index (χ3n) is 17.1. The second-order valence-corrected chi connectivity index (χ2v) is 27.6. The lowest BCUT2D eigenvalue weighted by molar-refractivity contribution is -0.870. The number of ether oxygens (including phenoxy) is 4. The van der Waals surface area contributed by atoms with Crippen molar-refractivity contribution in [3.05, 3.63) is 146 Å². The fraction of sp³-hybridized carbons (Fsp3) is 0.693. The Hall–Kier alpha value is -4.83. The first-order valence-electron chi connectivity index (χ1n) is 40.0. The number of carbonyl (C=O) groups is 3. The maximum Gasteiger partial charge on any atom is 0.361 e. The van der Waals surface area contributed by atoms with Gasteiger partial charge in [0.25, 0.3) is 6.29 Å². The molecule has 2 atom stereocenters. The summed E-state index contributed by atoms with van der Waals surface area (Å²) in [6, 6.07) is 0. The Kier molecular flexibility index (Phi) is 73.1. The average molecular weight is 1350 g/mol. The molecule has 9 heteroatoms. The quantitative estimate of drug-likeness (QED) is 0.0211. The van der Waals surface area contributed by atoms with E-state index >= 15 is 0 Å². The predicted octanol–water partition coefficient (Wildman–Crippen LogP) is 25.8. The number of carboxylic acids is 1. The highest BCUT2D eigenvalue weighted by atomic mass is 16.7. The summed E-state index contributed by atoms with van der Waals surface area (Å²) in [6.45, 7) is 4.74. The van der Waals surface area contributed by atoms with Gasteiger partial charge in [0, 0.05) is 12.8 Å². The lowest BCUT2D eigenvalue weighted by Crippen LogP contribution is -2.40. The number of allylic oxidation sites excluding steroid dienone is 24. The molecular weight excluding hydrogens is 1200 g/mol. The second kappa shape index (κ2) is 76.9. The van der Waals surface area contributed by atoms with Gasteiger partial charge in [-0.2, -0.15) is 0 Å². The third-order valence-corrected chi connectivity index (χ3v) is 17.1. The molecule has 0 amide bonds. The van der Waals surface area contributed by atoms with Crippen molar-refractivity contribution in [1.29, 1.82) is 0 Å². The molecule has 0 aliphatic carbocycles. The van der Waals surface area contributed by atoms with E-state index in [4.69, 9.17) is 18.9 Å². The predicted molar refractivity (Wildman–Crippen MR) is 419 cm³/mol. The summed E-state index contributed by atoms with van der Waals surface area (Å²) in [5.74, 6) is -2.03. The first kappa shape index (κ1) is 92.2. The number of unbranched alkanes of at least 4 members (excludes halogenated alkanes) is 34. The number of quaternary nitrogens is 1. The van der Waals surface area contributed by atoms with Gasteiger partial charge in [0.05, 0.1) is 34.4 Å². The van der Waals surface area contributed by atoms with Crippen LogP contribution < -0.4 is 0 Å². The van der Waals surface area contributed by atoms with Crippen LogP contribution in [0.15, 0.2) is 146 Å². The molecular formula is C88H150NO8+. The number of carbonyl (C=O) groups excluding carboxylic acids is 2. The van der Waals surface area contributed by atoms with Gasteiger partial charge >= 0.3 is 17.9 Å². The van der Waals surface area contributed by atoms with E-state index in [1.807, 2.05) is 21.1 Å². The zero-order chi connectivity index (χ0) is 70.4. The second-order valence-electron chi connectivity index (χ2n) is 27.6. The molecule has 0 aromatic carbocycles. The van der Waals surface area contributed by atoms with Gasteiger partial charge in [0.1, 0.15) is 13.2 Å². The Bertz CT molecular complexity index is 2110. The number of rotatable bonds is 73. The molecule has 0 aromatic heterocycles. The highest BCUT2D eigenvalue weighted by Crippen LogP contribution is 2.18. The number of esters is 2. The van der Waals surface area contributed by atoms with Crippen LogP contribution in [-0.4, -0.2) is 87.4 Å². The van der Waals surface area contributed by atoms with E-state index in [1.54, 1.807) is 0 Å². The van der Waals surface area contributed by atoms with E-state index in [0.29, 0.717) is 23.9 Å². The molecule has 97 heavy (non-hydrogen) atoms. The van der Waals surface area contributed by atoms with Crippen molar-refractivity contribution in [3.8, 4) is 0 Å². The summed E-state index contributed by atoms with van der Waals surface area (Å²) < 4.78 is 23.0. The summed E-state index contributed by atoms with van der Waals surface area (Å²) in [6.07, 6.45) is 110. The molecule has 2 unspecified atom stereocenters. The SMILES string of the molecule is CC/C=C\C/C=C\C/C=C\C/C=C\C/C=C\C/C=C\C/C=C\C/C=C\C/C=C\CCCCCCCC(=O)OC(COC(=O)CCCCCCCCCCCCCCCCCCCCCCCCCC/C=C\C/C=C\C/C=C\CCCCCCC)COC(OCC[N+](C)(C)C)C(=O)O. The summed E-state index contributed by atoms with van der Waals surface area (Å²) in [5, 5.41) is 9.77. The van der Waals surface area contributed by atoms with Gasteiger partial charge in [-0.25, -0.2) is 4.79 Å². The van der Waals surface area contributed by atoms with Gasteiger partial charge in [-0.05, 0) is 122 Å². The topological polar surface area (TPSA) is 108 Å². The Balaban J connectivity index is 4.08. The standard InChI is InChI=1S/C88H149NO8/c1-6-8-10-12-14-16-18-20-22-24-26-28-30-32-34-36-38-40-41-42-43-44-45-47-48-50-52-54-56-58-60-62-64-66-68-70-72-74-76-78-85(90)95-82-84(83-96-88(87(92)93)94-81-80-89(3,4)5)97-86(91)79-77-75-73-71-69-67-65-63-61-59-57-55-53-51-49-46-39-37-35-33-31-29-27-25-23-21-19-17-15-13-11-9-7-2/h9,11,15,17-18,20-21,23-24,26-27,29-30,32-33,35,39,46,51,53,57,59,63,65,84,88H,6-8,10,12-14,16,19,22,25,28,31,34,36-38,40-45,47-50,52,54-56,58,60-62,64,66-83H2,1-5H3/p+1/b11-9-,17-15-,20-18-,23-21-,26-24-,29-27-,32-30-,35-33-,46-39-,53-51-,59-57-,65-63-. The monoisotopic (exact) mass is 1350 g/mol. The molecule has 9 nitrogen and oxygen atoms in total. The summed E-state index contributed by atoms with van der Waals surface area (Å²) in [4.78, 5) is 37.7. The van der Waals surface area contributed by atoms with Crippen LogP contribution in [0, 0.1) is 0 Å². The Labute approximate surface area is 598 Å². The zero-order valence-electron chi connectivity index (χ0n) is 63.4. The van der Waals surface area contributed by atoms with Crippen molar-refractivity contribution >= 4 is 17.9 Å². The van der Waals surface area contributed by atoms with Crippen LogP contribution in [0.25, 0.3) is 0 Å². The molecule has 0 aromatic rings. The van der Waals surface area contributed by atoms with Crippen molar-refractivity contribution in [2.75, 3.05) is 47.5 Å². The smallest absolute Gasteiger partial charge is 0.361 e. The van der Waals surface area contributed by atoms with Crippen LogP contribution in [-0.2, 0) is 33.3 Å². The van der Waals surface area contributed by atoms with E-state index in [0.717, 1.165) is 122 Å². The molecule has 0 bridgehead atoms. The van der Waals surface area contributed by atoms with Gasteiger partial charge in [-0.15, -0.1) is 0 Å². The maximum atomic E-state index is 13.0. The van der Waals surface area contributed by atoms with E-state index in [-0.39, 0.29) is 32.2 Å². The zero-order valence-corrected chi connectivity index (χ0v) is 63.4.